The summed E-state index contributed by atoms with van der Waals surface area (Å²) in [5.41, 5.74) is 2.77. The van der Waals surface area contributed by atoms with E-state index in [1.807, 2.05) is 0 Å². The summed E-state index contributed by atoms with van der Waals surface area (Å²) in [4.78, 5) is 0. The van der Waals surface area contributed by atoms with E-state index < -0.39 is 0 Å². The van der Waals surface area contributed by atoms with Gasteiger partial charge in [0.2, 0.25) is 0 Å². The van der Waals surface area contributed by atoms with Gasteiger partial charge in [0.15, 0.2) is 0 Å². The van der Waals surface area contributed by atoms with Crippen LogP contribution in [0.4, 0.5) is 0 Å². The van der Waals surface area contributed by atoms with Crippen LogP contribution in [0.5, 0.6) is 0 Å². The van der Waals surface area contributed by atoms with Crippen LogP contribution in [0.25, 0.3) is 0 Å². The van der Waals surface area contributed by atoms with Crippen LogP contribution in [0.2, 0.25) is 0 Å². The van der Waals surface area contributed by atoms with E-state index in [0.717, 1.165) is 48.3 Å². The Kier molecular flexibility index (Phi) is 6.53. The Balaban J connectivity index is 1.46. The molecule has 0 spiro atoms. The highest BCUT2D eigenvalue weighted by molar-refractivity contribution is 5.10. The SMILES string of the molecule is C/C=C(/CC[C@@H](C)C1CCC2C3CCC4C[C@@H](O)CC[C@]4(C)C3CC[C@@]21C)C(C)C. The van der Waals surface area contributed by atoms with Gasteiger partial charge in [-0.3, -0.25) is 0 Å². The maximum Gasteiger partial charge on any atom is 0.0543 e. The van der Waals surface area contributed by atoms with Gasteiger partial charge < -0.3 is 5.11 Å². The van der Waals surface area contributed by atoms with Gasteiger partial charge in [0, 0.05) is 0 Å². The Hall–Kier alpha value is -0.300. The highest BCUT2D eigenvalue weighted by atomic mass is 16.3. The molecule has 4 fully saturated rings. The first-order chi connectivity index (χ1) is 14.2. The zero-order chi connectivity index (χ0) is 21.7. The van der Waals surface area contributed by atoms with E-state index in [9.17, 15) is 5.11 Å². The number of aliphatic hydroxyl groups excluding tert-OH is 1. The van der Waals surface area contributed by atoms with E-state index in [4.69, 9.17) is 0 Å². The first-order valence-electron chi connectivity index (χ1n) is 13.5. The van der Waals surface area contributed by atoms with Crippen LogP contribution >= 0.6 is 0 Å². The standard InChI is InChI=1S/C29H50O/c1-7-21(19(2)3)9-8-20(4)25-12-13-26-24-11-10-22-18-23(30)14-16-28(22,5)27(24)15-17-29(25,26)6/h7,19-20,22-27,30H,8-18H2,1-6H3/b21-7-/t20-,22?,23+,24?,25?,26?,27?,28+,29-/m1/s1. The van der Waals surface area contributed by atoms with Crippen molar-refractivity contribution < 1.29 is 5.11 Å². The van der Waals surface area contributed by atoms with Crippen molar-refractivity contribution in [3.63, 3.8) is 0 Å². The molecule has 0 aromatic heterocycles. The van der Waals surface area contributed by atoms with Crippen LogP contribution < -0.4 is 0 Å². The molecule has 0 radical (unpaired) electrons. The molecule has 30 heavy (non-hydrogen) atoms. The van der Waals surface area contributed by atoms with Crippen molar-refractivity contribution in [2.45, 2.75) is 118 Å². The lowest BCUT2D eigenvalue weighted by Gasteiger charge is -2.61. The number of aliphatic hydroxyl groups is 1. The van der Waals surface area contributed by atoms with Crippen molar-refractivity contribution >= 4 is 0 Å². The Labute approximate surface area is 187 Å². The molecule has 1 nitrogen and oxygen atoms in total. The van der Waals surface area contributed by atoms with Crippen molar-refractivity contribution in [3.05, 3.63) is 11.6 Å². The molecule has 1 heteroatoms. The quantitative estimate of drug-likeness (QED) is 0.451. The molecule has 172 valence electrons. The molecular weight excluding hydrogens is 364 g/mol. The molecule has 4 saturated carbocycles. The molecule has 0 aromatic rings. The molecule has 0 amide bonds. The lowest BCUT2D eigenvalue weighted by molar-refractivity contribution is -0.129. The topological polar surface area (TPSA) is 20.2 Å². The third-order valence-electron chi connectivity index (χ3n) is 11.4. The minimum absolute atomic E-state index is 0.0157. The molecule has 4 aliphatic carbocycles. The molecule has 4 rings (SSSR count). The second-order valence-electron chi connectivity index (χ2n) is 12.8. The van der Waals surface area contributed by atoms with Crippen molar-refractivity contribution in [1.29, 1.82) is 0 Å². The summed E-state index contributed by atoms with van der Waals surface area (Å²) in [5, 5.41) is 10.3. The summed E-state index contributed by atoms with van der Waals surface area (Å²) in [6.07, 6.45) is 17.2. The van der Waals surface area contributed by atoms with Crippen molar-refractivity contribution in [2.24, 2.45) is 52.3 Å². The van der Waals surface area contributed by atoms with E-state index in [1.54, 1.807) is 5.57 Å². The van der Waals surface area contributed by atoms with Gasteiger partial charge in [0.25, 0.3) is 0 Å². The highest BCUT2D eigenvalue weighted by Gasteiger charge is 2.60. The van der Waals surface area contributed by atoms with Gasteiger partial charge in [-0.15, -0.1) is 0 Å². The minimum atomic E-state index is -0.0157. The van der Waals surface area contributed by atoms with Gasteiger partial charge in [-0.25, -0.2) is 0 Å². The second-order valence-corrected chi connectivity index (χ2v) is 12.8. The van der Waals surface area contributed by atoms with Crippen LogP contribution in [0, 0.1) is 52.3 Å². The summed E-state index contributed by atoms with van der Waals surface area (Å²) >= 11 is 0. The Morgan fingerprint density at radius 3 is 2.33 bits per heavy atom. The van der Waals surface area contributed by atoms with Crippen molar-refractivity contribution in [1.82, 2.24) is 0 Å². The number of rotatable bonds is 5. The molecular formula is C29H50O. The molecule has 0 saturated heterocycles. The zero-order valence-corrected chi connectivity index (χ0v) is 20.9. The van der Waals surface area contributed by atoms with E-state index in [1.165, 1.54) is 57.8 Å². The third kappa shape index (κ3) is 3.74. The van der Waals surface area contributed by atoms with Gasteiger partial charge in [-0.1, -0.05) is 46.3 Å². The van der Waals surface area contributed by atoms with E-state index in [-0.39, 0.29) is 6.10 Å². The monoisotopic (exact) mass is 414 g/mol. The van der Waals surface area contributed by atoms with Crippen LogP contribution in [0.15, 0.2) is 11.6 Å². The van der Waals surface area contributed by atoms with Crippen LogP contribution in [-0.2, 0) is 0 Å². The normalized spacial score (nSPS) is 47.5. The average molecular weight is 415 g/mol. The third-order valence-corrected chi connectivity index (χ3v) is 11.4. The summed E-state index contributed by atoms with van der Waals surface area (Å²) in [7, 11) is 0. The van der Waals surface area contributed by atoms with Gasteiger partial charge in [0.05, 0.1) is 6.10 Å². The summed E-state index contributed by atoms with van der Waals surface area (Å²) in [6.45, 7) is 14.9. The molecule has 0 heterocycles. The number of hydrogen-bond acceptors (Lipinski definition) is 1. The molecule has 4 aliphatic rings. The average Bonchev–Trinajstić information content (AvgIpc) is 3.06. The fraction of sp³-hybridized carbons (Fsp3) is 0.931. The van der Waals surface area contributed by atoms with Gasteiger partial charge >= 0.3 is 0 Å². The molecule has 0 bridgehead atoms. The van der Waals surface area contributed by atoms with Crippen molar-refractivity contribution in [2.75, 3.05) is 0 Å². The summed E-state index contributed by atoms with van der Waals surface area (Å²) < 4.78 is 0. The van der Waals surface area contributed by atoms with Crippen molar-refractivity contribution in [3.8, 4) is 0 Å². The van der Waals surface area contributed by atoms with Crippen LogP contribution in [0.3, 0.4) is 0 Å². The fourth-order valence-electron chi connectivity index (χ4n) is 9.57. The minimum Gasteiger partial charge on any atom is -0.393 e. The number of allylic oxidation sites excluding steroid dienone is 2. The lowest BCUT2D eigenvalue weighted by atomic mass is 9.44. The number of hydrogen-bond donors (Lipinski definition) is 1. The molecule has 1 N–H and O–H groups in total. The highest BCUT2D eigenvalue weighted by Crippen LogP contribution is 2.68. The Morgan fingerprint density at radius 1 is 0.933 bits per heavy atom. The zero-order valence-electron chi connectivity index (χ0n) is 20.9. The second kappa shape index (κ2) is 8.57. The molecule has 9 atom stereocenters. The first kappa shape index (κ1) is 22.9. The molecule has 5 unspecified atom stereocenters. The predicted molar refractivity (Wildman–Crippen MR) is 128 cm³/mol. The number of fused-ring (bicyclic) bond motifs is 5. The summed E-state index contributed by atoms with van der Waals surface area (Å²) in [6, 6.07) is 0. The largest absolute Gasteiger partial charge is 0.393 e. The maximum atomic E-state index is 10.3. The maximum absolute atomic E-state index is 10.3. The Morgan fingerprint density at radius 2 is 1.63 bits per heavy atom. The van der Waals surface area contributed by atoms with Crippen LogP contribution in [-0.4, -0.2) is 11.2 Å². The molecule has 0 aromatic carbocycles. The Bertz CT molecular complexity index is 634. The van der Waals surface area contributed by atoms with E-state index in [2.05, 4.69) is 47.6 Å². The summed E-state index contributed by atoms with van der Waals surface area (Å²) in [5.74, 6) is 6.17. The predicted octanol–water partition coefficient (Wildman–Crippen LogP) is 8.02. The van der Waals surface area contributed by atoms with Gasteiger partial charge in [-0.2, -0.15) is 0 Å². The smallest absolute Gasteiger partial charge is 0.0543 e. The van der Waals surface area contributed by atoms with E-state index >= 15 is 0 Å². The lowest BCUT2D eigenvalue weighted by Crippen LogP contribution is -2.54. The van der Waals surface area contributed by atoms with Gasteiger partial charge in [-0.05, 0) is 130 Å². The fourth-order valence-corrected chi connectivity index (χ4v) is 9.57. The molecule has 0 aliphatic heterocycles. The van der Waals surface area contributed by atoms with E-state index in [0.29, 0.717) is 16.7 Å². The first-order valence-corrected chi connectivity index (χ1v) is 13.5. The van der Waals surface area contributed by atoms with Gasteiger partial charge in [0.1, 0.15) is 0 Å². The van der Waals surface area contributed by atoms with Crippen LogP contribution in [0.1, 0.15) is 112 Å².